The summed E-state index contributed by atoms with van der Waals surface area (Å²) in [6, 6.07) is 11.4. The quantitative estimate of drug-likeness (QED) is 0.309. The van der Waals surface area contributed by atoms with Gasteiger partial charge in [-0.25, -0.2) is 4.99 Å². The van der Waals surface area contributed by atoms with E-state index in [0.29, 0.717) is 9.74 Å². The molecule has 8 nitrogen and oxygen atoms in total. The number of nitrogens with two attached hydrogens (primary N) is 1. The Morgan fingerprint density at radius 3 is 2.59 bits per heavy atom. The summed E-state index contributed by atoms with van der Waals surface area (Å²) < 4.78 is 1.18. The van der Waals surface area contributed by atoms with E-state index in [2.05, 4.69) is 21.7 Å². The van der Waals surface area contributed by atoms with Gasteiger partial charge in [0, 0.05) is 22.4 Å². The second kappa shape index (κ2) is 12.5. The number of hydrogen-bond acceptors (Lipinski definition) is 8. The summed E-state index contributed by atoms with van der Waals surface area (Å²) in [7, 11) is 0. The Morgan fingerprint density at radius 2 is 1.92 bits per heavy atom. The van der Waals surface area contributed by atoms with Crippen molar-refractivity contribution < 1.29 is 19.5 Å². The average molecular weight is 557 g/mol. The fraction of sp³-hybridized carbons (Fsp3) is 0.346. The molecule has 3 aromatic rings. The lowest BCUT2D eigenvalue weighted by Gasteiger charge is -2.22. The van der Waals surface area contributed by atoms with E-state index in [-0.39, 0.29) is 24.6 Å². The number of primary amides is 1. The zero-order chi connectivity index (χ0) is 26.4. The van der Waals surface area contributed by atoms with Crippen LogP contribution in [0, 0.1) is 5.92 Å². The van der Waals surface area contributed by atoms with Crippen molar-refractivity contribution in [2.24, 2.45) is 16.6 Å². The summed E-state index contributed by atoms with van der Waals surface area (Å²) in [5, 5.41) is 15.8. The van der Waals surface area contributed by atoms with Crippen LogP contribution in [0.1, 0.15) is 45.8 Å². The monoisotopic (exact) mass is 556 g/mol. The molecular weight excluding hydrogens is 529 g/mol. The lowest BCUT2D eigenvalue weighted by atomic mass is 9.93. The van der Waals surface area contributed by atoms with E-state index in [4.69, 9.17) is 23.1 Å². The third kappa shape index (κ3) is 7.07. The normalized spacial score (nSPS) is 15.0. The zero-order valence-electron chi connectivity index (χ0n) is 20.1. The second-order valence-electron chi connectivity index (χ2n) is 8.87. The zero-order valence-corrected chi connectivity index (χ0v) is 22.6. The number of fused-ring (bicyclic) bond motifs is 2. The number of hydrogen-bond donors (Lipinski definition) is 4. The van der Waals surface area contributed by atoms with Gasteiger partial charge in [-0.15, -0.1) is 22.7 Å². The molecule has 11 heteroatoms. The van der Waals surface area contributed by atoms with E-state index in [9.17, 15) is 14.4 Å². The molecule has 194 valence electrons. The van der Waals surface area contributed by atoms with Gasteiger partial charge in [-0.05, 0) is 62.9 Å². The number of aliphatic carboxylic acids is 1. The summed E-state index contributed by atoms with van der Waals surface area (Å²) in [6.07, 6.45) is 4.88. The number of nitrogens with one attached hydrogen (secondary N) is 2. The molecule has 0 aliphatic carbocycles. The molecule has 2 aromatic heterocycles. The van der Waals surface area contributed by atoms with Crippen LogP contribution in [0.25, 0.3) is 9.40 Å². The van der Waals surface area contributed by atoms with Gasteiger partial charge in [0.25, 0.3) is 11.8 Å². The van der Waals surface area contributed by atoms with Gasteiger partial charge in [0.15, 0.2) is 0 Å². The van der Waals surface area contributed by atoms with Gasteiger partial charge >= 0.3 is 5.97 Å². The molecule has 2 aliphatic rings. The highest BCUT2D eigenvalue weighted by Gasteiger charge is 2.23. The van der Waals surface area contributed by atoms with Crippen molar-refractivity contribution in [2.45, 2.75) is 32.1 Å². The predicted molar refractivity (Wildman–Crippen MR) is 153 cm³/mol. The first-order valence-electron chi connectivity index (χ1n) is 12.1. The highest BCUT2D eigenvalue weighted by molar-refractivity contribution is 7.83. The molecule has 2 amide bonds. The van der Waals surface area contributed by atoms with Crippen molar-refractivity contribution in [3.05, 3.63) is 51.7 Å². The van der Waals surface area contributed by atoms with Crippen LogP contribution in [-0.2, 0) is 16.0 Å². The van der Waals surface area contributed by atoms with Crippen LogP contribution in [0.3, 0.4) is 0 Å². The molecule has 1 saturated heterocycles. The van der Waals surface area contributed by atoms with Crippen molar-refractivity contribution in [1.82, 2.24) is 10.6 Å². The molecule has 4 heterocycles. The molecule has 5 rings (SSSR count). The largest absolute Gasteiger partial charge is 0.481 e. The molecule has 1 fully saturated rings. The first kappa shape index (κ1) is 27.1. The van der Waals surface area contributed by atoms with Crippen LogP contribution in [0.5, 0.6) is 0 Å². The van der Waals surface area contributed by atoms with Crippen molar-refractivity contribution in [3.63, 3.8) is 0 Å². The number of amides is 2. The number of nitrogens with zero attached hydrogens (tertiary/aromatic N) is 1. The third-order valence-corrected chi connectivity index (χ3v) is 9.06. The average Bonchev–Trinajstić information content (AvgIpc) is 3.55. The topological polar surface area (TPSA) is 134 Å². The SMILES string of the molecule is NC(=O)C1=Nc2ccccc2C1=S.O=C(O)CCNC(=O)c1cc2cc(CCC3CCNCC3)sc2s1. The number of para-hydroxylation sites is 1. The molecule has 37 heavy (non-hydrogen) atoms. The van der Waals surface area contributed by atoms with Crippen molar-refractivity contribution in [3.8, 4) is 0 Å². The maximum absolute atomic E-state index is 12.0. The van der Waals surface area contributed by atoms with E-state index in [0.717, 1.165) is 42.1 Å². The first-order chi connectivity index (χ1) is 17.8. The molecule has 5 N–H and O–H groups in total. The first-order valence-corrected chi connectivity index (χ1v) is 14.1. The minimum Gasteiger partial charge on any atom is -0.481 e. The molecule has 0 unspecified atom stereocenters. The smallest absolute Gasteiger partial charge is 0.305 e. The van der Waals surface area contributed by atoms with Crippen LogP contribution < -0.4 is 16.4 Å². The Balaban J connectivity index is 0.000000207. The Bertz CT molecular complexity index is 1320. The van der Waals surface area contributed by atoms with Gasteiger partial charge in [-0.1, -0.05) is 30.4 Å². The van der Waals surface area contributed by atoms with Crippen molar-refractivity contribution in [1.29, 1.82) is 0 Å². The van der Waals surface area contributed by atoms with Gasteiger partial charge in [0.05, 0.1) is 25.9 Å². The van der Waals surface area contributed by atoms with E-state index >= 15 is 0 Å². The van der Waals surface area contributed by atoms with E-state index < -0.39 is 11.9 Å². The Hall–Kier alpha value is -2.99. The van der Waals surface area contributed by atoms with Crippen LogP contribution in [0.4, 0.5) is 5.69 Å². The summed E-state index contributed by atoms with van der Waals surface area (Å²) >= 11 is 8.32. The number of thiophene rings is 2. The van der Waals surface area contributed by atoms with Crippen LogP contribution in [0.2, 0.25) is 0 Å². The highest BCUT2D eigenvalue weighted by Crippen LogP contribution is 2.35. The van der Waals surface area contributed by atoms with Crippen molar-refractivity contribution in [2.75, 3.05) is 19.6 Å². The van der Waals surface area contributed by atoms with Crippen LogP contribution in [0.15, 0.2) is 41.4 Å². The number of aryl methyl sites for hydroxylation is 1. The molecule has 2 aliphatic heterocycles. The van der Waals surface area contributed by atoms with E-state index in [1.165, 1.54) is 39.5 Å². The number of piperidine rings is 1. The second-order valence-corrected chi connectivity index (χ2v) is 11.7. The Kier molecular flexibility index (Phi) is 9.14. The lowest BCUT2D eigenvalue weighted by Crippen LogP contribution is -2.27. The fourth-order valence-electron chi connectivity index (χ4n) is 4.24. The molecule has 0 radical (unpaired) electrons. The predicted octanol–water partition coefficient (Wildman–Crippen LogP) is 4.08. The minimum absolute atomic E-state index is 0.0493. The Labute approximate surface area is 228 Å². The van der Waals surface area contributed by atoms with Crippen LogP contribution in [-0.4, -0.2) is 53.1 Å². The summed E-state index contributed by atoms with van der Waals surface area (Å²) in [4.78, 5) is 39.9. The molecule has 0 saturated carbocycles. The third-order valence-electron chi connectivity index (χ3n) is 6.20. The number of carbonyl (C=O) groups is 3. The number of aliphatic imine (C=N–C) groups is 1. The van der Waals surface area contributed by atoms with Gasteiger partial charge in [-0.3, -0.25) is 14.4 Å². The van der Waals surface area contributed by atoms with Crippen LogP contribution >= 0.6 is 34.9 Å². The summed E-state index contributed by atoms with van der Waals surface area (Å²) in [6.45, 7) is 2.45. The summed E-state index contributed by atoms with van der Waals surface area (Å²) in [5.74, 6) is -0.815. The van der Waals surface area contributed by atoms with E-state index in [1.54, 1.807) is 17.4 Å². The van der Waals surface area contributed by atoms with Gasteiger partial charge in [0.1, 0.15) is 5.71 Å². The van der Waals surface area contributed by atoms with Gasteiger partial charge in [-0.2, -0.15) is 0 Å². The minimum atomic E-state index is -0.902. The number of carboxylic acids is 1. The lowest BCUT2D eigenvalue weighted by molar-refractivity contribution is -0.136. The fourth-order valence-corrected chi connectivity index (χ4v) is 6.98. The Morgan fingerprint density at radius 1 is 1.16 bits per heavy atom. The molecule has 0 spiro atoms. The maximum Gasteiger partial charge on any atom is 0.305 e. The number of rotatable bonds is 8. The number of benzene rings is 1. The van der Waals surface area contributed by atoms with Gasteiger partial charge in [0.2, 0.25) is 0 Å². The highest BCUT2D eigenvalue weighted by atomic mass is 32.2. The molecular formula is C26H28N4O4S3. The number of carboxylic acid groups (broad SMARTS) is 1. The maximum atomic E-state index is 12.0. The van der Waals surface area contributed by atoms with Crippen molar-refractivity contribution >= 4 is 78.3 Å². The van der Waals surface area contributed by atoms with Gasteiger partial charge < -0.3 is 21.5 Å². The molecule has 0 bridgehead atoms. The molecule has 0 atom stereocenters. The van der Waals surface area contributed by atoms with E-state index in [1.807, 2.05) is 24.3 Å². The number of carbonyl (C=O) groups excluding carboxylic acids is 2. The molecule has 1 aromatic carbocycles. The number of thiocarbonyl (C=S) groups is 1. The standard InChI is InChI=1S/C17H22N2O3S2.C9H6N2OS/c20-15(21)5-8-19-16(22)14-10-12-9-13(23-17(12)24-14)2-1-11-3-6-18-7-4-11;10-9(12)7-8(13)5-3-1-2-4-6(5)11-7/h9-11,18H,1-8H2,(H,19,22)(H,20,21);1-4H,(H2,10,12). The summed E-state index contributed by atoms with van der Waals surface area (Å²) in [5.41, 5.74) is 6.84.